The molecule has 0 aliphatic rings. The van der Waals surface area contributed by atoms with Crippen molar-refractivity contribution in [2.75, 3.05) is 6.54 Å². The first-order valence-corrected chi connectivity index (χ1v) is 10.9. The van der Waals surface area contributed by atoms with Crippen LogP contribution >= 0.6 is 0 Å². The molecule has 0 heterocycles. The van der Waals surface area contributed by atoms with Crippen molar-refractivity contribution in [3.63, 3.8) is 0 Å². The molecule has 2 rings (SSSR count). The van der Waals surface area contributed by atoms with Crippen molar-refractivity contribution >= 4 is 23.7 Å². The van der Waals surface area contributed by atoms with E-state index in [2.05, 4.69) is 16.0 Å². The Morgan fingerprint density at radius 2 is 1.49 bits per heavy atom. The standard InChI is InChI=1S/C24H30N4O7/c1-14(29)21(24(34)35)28-23(33)19(12-16-7-9-17(30)10-8-16)27-20(31)13-26-22(32)18(25)11-15-5-3-2-4-6-15/h2-10,14,18-19,21,29-30H,11-13,25H2,1H3,(H,26,32)(H,27,31)(H,28,33)(H,34,35). The number of phenolic OH excluding ortho intramolecular Hbond substituents is 1. The van der Waals surface area contributed by atoms with Crippen molar-refractivity contribution in [3.8, 4) is 5.75 Å². The highest BCUT2D eigenvalue weighted by Gasteiger charge is 2.29. The number of aromatic hydroxyl groups is 1. The molecule has 0 aliphatic heterocycles. The summed E-state index contributed by atoms with van der Waals surface area (Å²) in [4.78, 5) is 48.9. The number of aliphatic hydroxyl groups is 1. The lowest BCUT2D eigenvalue weighted by Gasteiger charge is -2.23. The largest absolute Gasteiger partial charge is 0.508 e. The maximum atomic E-state index is 12.8. The average Bonchev–Trinajstić information content (AvgIpc) is 2.81. The minimum absolute atomic E-state index is 0.00777. The van der Waals surface area contributed by atoms with Gasteiger partial charge in [0.15, 0.2) is 6.04 Å². The third kappa shape index (κ3) is 9.07. The van der Waals surface area contributed by atoms with Gasteiger partial charge in [-0.15, -0.1) is 0 Å². The number of hydrogen-bond donors (Lipinski definition) is 7. The Morgan fingerprint density at radius 1 is 0.886 bits per heavy atom. The molecule has 0 bridgehead atoms. The minimum Gasteiger partial charge on any atom is -0.508 e. The molecular weight excluding hydrogens is 456 g/mol. The van der Waals surface area contributed by atoms with Crippen molar-refractivity contribution in [1.29, 1.82) is 0 Å². The zero-order chi connectivity index (χ0) is 26.0. The molecule has 3 amide bonds. The van der Waals surface area contributed by atoms with Crippen LogP contribution in [-0.4, -0.2) is 69.8 Å². The van der Waals surface area contributed by atoms with Crippen LogP contribution in [0.15, 0.2) is 54.6 Å². The summed E-state index contributed by atoms with van der Waals surface area (Å²) in [6, 6.07) is 11.3. The summed E-state index contributed by atoms with van der Waals surface area (Å²) in [5, 5.41) is 35.4. The number of hydrogen-bond acceptors (Lipinski definition) is 7. The Bertz CT molecular complexity index is 1010. The maximum Gasteiger partial charge on any atom is 0.328 e. The highest BCUT2D eigenvalue weighted by Crippen LogP contribution is 2.12. The number of nitrogens with two attached hydrogens (primary N) is 1. The first-order valence-electron chi connectivity index (χ1n) is 10.9. The molecular formula is C24H30N4O7. The van der Waals surface area contributed by atoms with E-state index in [1.54, 1.807) is 0 Å². The molecule has 188 valence electrons. The third-order valence-electron chi connectivity index (χ3n) is 5.13. The fraction of sp³-hybridized carbons (Fsp3) is 0.333. The van der Waals surface area contributed by atoms with Crippen LogP contribution in [-0.2, 0) is 32.0 Å². The normalized spacial score (nSPS) is 14.1. The fourth-order valence-corrected chi connectivity index (χ4v) is 3.22. The first kappa shape index (κ1) is 27.3. The first-order chi connectivity index (χ1) is 16.6. The van der Waals surface area contributed by atoms with Crippen molar-refractivity contribution in [2.45, 2.75) is 44.0 Å². The molecule has 0 saturated carbocycles. The van der Waals surface area contributed by atoms with Crippen molar-refractivity contribution in [1.82, 2.24) is 16.0 Å². The van der Waals surface area contributed by atoms with Gasteiger partial charge < -0.3 is 37.0 Å². The fourth-order valence-electron chi connectivity index (χ4n) is 3.22. The van der Waals surface area contributed by atoms with Crippen LogP contribution < -0.4 is 21.7 Å². The summed E-state index contributed by atoms with van der Waals surface area (Å²) >= 11 is 0. The van der Waals surface area contributed by atoms with Gasteiger partial charge in [-0.3, -0.25) is 14.4 Å². The van der Waals surface area contributed by atoms with Gasteiger partial charge in [0.2, 0.25) is 17.7 Å². The summed E-state index contributed by atoms with van der Waals surface area (Å²) in [5.74, 6) is -3.53. The van der Waals surface area contributed by atoms with Crippen LogP contribution in [0.3, 0.4) is 0 Å². The topological polar surface area (TPSA) is 191 Å². The van der Waals surface area contributed by atoms with Gasteiger partial charge in [0.05, 0.1) is 18.7 Å². The van der Waals surface area contributed by atoms with E-state index in [4.69, 9.17) is 5.73 Å². The smallest absolute Gasteiger partial charge is 0.328 e. The number of carboxylic acid groups (broad SMARTS) is 1. The van der Waals surface area contributed by atoms with Gasteiger partial charge in [0.1, 0.15) is 11.8 Å². The van der Waals surface area contributed by atoms with Crippen LogP contribution in [0.25, 0.3) is 0 Å². The molecule has 11 nitrogen and oxygen atoms in total. The molecule has 35 heavy (non-hydrogen) atoms. The molecule has 8 N–H and O–H groups in total. The summed E-state index contributed by atoms with van der Waals surface area (Å²) in [6.45, 7) is 0.750. The lowest BCUT2D eigenvalue weighted by atomic mass is 10.0. The number of carboxylic acids is 1. The van der Waals surface area contributed by atoms with Gasteiger partial charge in [-0.2, -0.15) is 0 Å². The molecule has 0 radical (unpaired) electrons. The van der Waals surface area contributed by atoms with Gasteiger partial charge in [-0.1, -0.05) is 42.5 Å². The van der Waals surface area contributed by atoms with E-state index in [1.807, 2.05) is 30.3 Å². The minimum atomic E-state index is -1.59. The quantitative estimate of drug-likeness (QED) is 0.200. The van der Waals surface area contributed by atoms with Crippen molar-refractivity contribution < 1.29 is 34.5 Å². The van der Waals surface area contributed by atoms with Gasteiger partial charge in [0, 0.05) is 6.42 Å². The molecule has 0 spiro atoms. The number of phenols is 1. The number of aliphatic hydroxyl groups excluding tert-OH is 1. The lowest BCUT2D eigenvalue weighted by molar-refractivity contribution is -0.145. The van der Waals surface area contributed by atoms with Crippen molar-refractivity contribution in [3.05, 3.63) is 65.7 Å². The van der Waals surface area contributed by atoms with E-state index in [0.29, 0.717) is 5.56 Å². The van der Waals surface area contributed by atoms with Crippen LogP contribution in [0, 0.1) is 0 Å². The monoisotopic (exact) mass is 486 g/mol. The Balaban J connectivity index is 2.01. The SMILES string of the molecule is CC(O)C(NC(=O)C(Cc1ccc(O)cc1)NC(=O)CNC(=O)C(N)Cc1ccccc1)C(=O)O. The van der Waals surface area contributed by atoms with Crippen LogP contribution in [0.1, 0.15) is 18.1 Å². The van der Waals surface area contributed by atoms with Gasteiger partial charge in [-0.05, 0) is 36.6 Å². The summed E-state index contributed by atoms with van der Waals surface area (Å²) < 4.78 is 0. The highest BCUT2D eigenvalue weighted by molar-refractivity contribution is 5.92. The maximum absolute atomic E-state index is 12.8. The zero-order valence-electron chi connectivity index (χ0n) is 19.2. The van der Waals surface area contributed by atoms with Crippen LogP contribution in [0.5, 0.6) is 5.75 Å². The molecule has 0 aromatic heterocycles. The summed E-state index contributed by atoms with van der Waals surface area (Å²) in [7, 11) is 0. The van der Waals surface area contributed by atoms with E-state index in [1.165, 1.54) is 31.2 Å². The molecule has 0 aliphatic carbocycles. The third-order valence-corrected chi connectivity index (χ3v) is 5.13. The second kappa shape index (κ2) is 13.1. The predicted octanol–water partition coefficient (Wildman–Crippen LogP) is -0.944. The van der Waals surface area contributed by atoms with E-state index in [9.17, 15) is 34.5 Å². The number of nitrogens with one attached hydrogen (secondary N) is 3. The molecule has 2 aromatic carbocycles. The zero-order valence-corrected chi connectivity index (χ0v) is 19.2. The Morgan fingerprint density at radius 3 is 2.06 bits per heavy atom. The molecule has 4 unspecified atom stereocenters. The number of carbonyl (C=O) groups is 4. The van der Waals surface area contributed by atoms with E-state index < -0.39 is 54.5 Å². The lowest BCUT2D eigenvalue weighted by Crippen LogP contribution is -2.56. The number of carbonyl (C=O) groups excluding carboxylic acids is 3. The Kier molecular flexibility index (Phi) is 10.2. The number of benzene rings is 2. The Hall–Kier alpha value is -3.96. The molecule has 0 fully saturated rings. The predicted molar refractivity (Wildman–Crippen MR) is 126 cm³/mol. The van der Waals surface area contributed by atoms with Gasteiger partial charge >= 0.3 is 5.97 Å². The van der Waals surface area contributed by atoms with Crippen LogP contribution in [0.4, 0.5) is 0 Å². The van der Waals surface area contributed by atoms with E-state index >= 15 is 0 Å². The number of amides is 3. The molecule has 11 heteroatoms. The molecule has 4 atom stereocenters. The van der Waals surface area contributed by atoms with Crippen molar-refractivity contribution in [2.24, 2.45) is 5.73 Å². The molecule has 0 saturated heterocycles. The van der Waals surface area contributed by atoms with Gasteiger partial charge in [0.25, 0.3) is 0 Å². The summed E-state index contributed by atoms with van der Waals surface area (Å²) in [6.07, 6.45) is -1.14. The summed E-state index contributed by atoms with van der Waals surface area (Å²) in [5.41, 5.74) is 7.33. The van der Waals surface area contributed by atoms with Crippen LogP contribution in [0.2, 0.25) is 0 Å². The highest BCUT2D eigenvalue weighted by atomic mass is 16.4. The number of aliphatic carboxylic acids is 1. The van der Waals surface area contributed by atoms with E-state index in [0.717, 1.165) is 5.56 Å². The average molecular weight is 487 g/mol. The molecule has 2 aromatic rings. The Labute approximate surface area is 202 Å². The second-order valence-corrected chi connectivity index (χ2v) is 8.07. The van der Waals surface area contributed by atoms with E-state index in [-0.39, 0.29) is 18.6 Å². The number of rotatable bonds is 12. The van der Waals surface area contributed by atoms with Gasteiger partial charge in [-0.25, -0.2) is 4.79 Å². The second-order valence-electron chi connectivity index (χ2n) is 8.07.